The normalized spacial score (nSPS) is 38.4. The lowest BCUT2D eigenvalue weighted by Crippen LogP contribution is -2.65. The van der Waals surface area contributed by atoms with Gasteiger partial charge in [0.1, 0.15) is 48.8 Å². The number of aromatic hydroxyl groups is 2. The van der Waals surface area contributed by atoms with E-state index in [-0.39, 0.29) is 0 Å². The van der Waals surface area contributed by atoms with Crippen molar-refractivity contribution in [3.05, 3.63) is 17.7 Å². The molecule has 2 fully saturated rings. The van der Waals surface area contributed by atoms with Crippen molar-refractivity contribution in [1.82, 2.24) is 0 Å². The van der Waals surface area contributed by atoms with Crippen LogP contribution in [0.2, 0.25) is 0 Å². The number of rotatable bonds is 7. The molecule has 0 saturated carbocycles. The number of carbonyl (C=O) groups is 1. The van der Waals surface area contributed by atoms with E-state index in [0.717, 1.165) is 12.1 Å². The summed E-state index contributed by atoms with van der Waals surface area (Å²) in [5.74, 6) is -3.76. The van der Waals surface area contributed by atoms with Crippen LogP contribution in [-0.2, 0) is 14.2 Å². The van der Waals surface area contributed by atoms with E-state index in [4.69, 9.17) is 24.1 Å². The number of ether oxygens (including phenoxy) is 4. The maximum Gasteiger partial charge on any atom is 0.335 e. The average molecular weight is 494 g/mol. The van der Waals surface area contributed by atoms with Gasteiger partial charge in [0.25, 0.3) is 0 Å². The van der Waals surface area contributed by atoms with Gasteiger partial charge in [0, 0.05) is 0 Å². The lowest BCUT2D eigenvalue weighted by Gasteiger charge is -2.45. The number of aliphatic hydroxyl groups excluding tert-OH is 7. The maximum atomic E-state index is 11.0. The van der Waals surface area contributed by atoms with Gasteiger partial charge in [-0.05, 0) is 12.1 Å². The number of hydrogen-bond donors (Lipinski definition) is 10. The van der Waals surface area contributed by atoms with E-state index in [1.54, 1.807) is 0 Å². The highest BCUT2D eigenvalue weighted by Gasteiger charge is 2.51. The summed E-state index contributed by atoms with van der Waals surface area (Å²) in [5.41, 5.74) is -0.464. The number of aliphatic hydroxyl groups is 7. The summed E-state index contributed by atoms with van der Waals surface area (Å²) in [7, 11) is 0. The number of phenols is 2. The Morgan fingerprint density at radius 1 is 0.794 bits per heavy atom. The predicted molar refractivity (Wildman–Crippen MR) is 104 cm³/mol. The molecule has 1 aromatic carbocycles. The second-order valence-electron chi connectivity index (χ2n) is 7.77. The minimum Gasteiger partial charge on any atom is -0.504 e. The Bertz CT molecular complexity index is 837. The van der Waals surface area contributed by atoms with Crippen molar-refractivity contribution in [2.45, 2.75) is 61.4 Å². The van der Waals surface area contributed by atoms with Crippen LogP contribution in [0.15, 0.2) is 12.1 Å². The molecule has 192 valence electrons. The SMILES string of the molecule is O=C(O)c1cc(O)c(O[C@@H]2O[C@H](CO)[C@@H](O[C@@H]3O[C@H](CO)[C@@H](O)[C@H](O)[C@H]3O)[C@H](O)[C@H]2O)c(O)c1. The minimum absolute atomic E-state index is 0.464. The molecule has 15 nitrogen and oxygen atoms in total. The van der Waals surface area contributed by atoms with Crippen molar-refractivity contribution >= 4 is 5.97 Å². The monoisotopic (exact) mass is 494 g/mol. The van der Waals surface area contributed by atoms with Crippen LogP contribution in [0, 0.1) is 0 Å². The first-order chi connectivity index (χ1) is 16.0. The fourth-order valence-electron chi connectivity index (χ4n) is 3.61. The van der Waals surface area contributed by atoms with Gasteiger partial charge in [0.05, 0.1) is 18.8 Å². The van der Waals surface area contributed by atoms with Gasteiger partial charge in [-0.1, -0.05) is 0 Å². The lowest BCUT2D eigenvalue weighted by molar-refractivity contribution is -0.352. The quantitative estimate of drug-likeness (QED) is 0.172. The van der Waals surface area contributed by atoms with Crippen LogP contribution in [0.1, 0.15) is 10.4 Å². The van der Waals surface area contributed by atoms with Crippen LogP contribution in [0.5, 0.6) is 17.2 Å². The zero-order chi connectivity index (χ0) is 25.3. The molecule has 10 atom stereocenters. The first-order valence-electron chi connectivity index (χ1n) is 10.0. The molecule has 3 rings (SSSR count). The molecule has 0 aliphatic carbocycles. The van der Waals surface area contributed by atoms with Crippen LogP contribution in [0.3, 0.4) is 0 Å². The number of carboxylic acids is 1. The molecule has 0 unspecified atom stereocenters. The number of aromatic carboxylic acids is 1. The minimum atomic E-state index is -1.93. The highest BCUT2D eigenvalue weighted by molar-refractivity contribution is 5.89. The third-order valence-corrected chi connectivity index (χ3v) is 5.49. The molecular formula is C19H26O15. The fourth-order valence-corrected chi connectivity index (χ4v) is 3.61. The van der Waals surface area contributed by atoms with E-state index in [2.05, 4.69) is 0 Å². The second-order valence-corrected chi connectivity index (χ2v) is 7.77. The molecule has 2 aliphatic rings. The largest absolute Gasteiger partial charge is 0.504 e. The Labute approximate surface area is 191 Å². The molecule has 0 bridgehead atoms. The molecule has 15 heteroatoms. The number of hydrogen-bond acceptors (Lipinski definition) is 14. The molecule has 34 heavy (non-hydrogen) atoms. The van der Waals surface area contributed by atoms with E-state index < -0.39 is 103 Å². The molecule has 0 spiro atoms. The average Bonchev–Trinajstić information content (AvgIpc) is 2.80. The van der Waals surface area contributed by atoms with Crippen LogP contribution < -0.4 is 4.74 Å². The molecular weight excluding hydrogens is 468 g/mol. The smallest absolute Gasteiger partial charge is 0.335 e. The fraction of sp³-hybridized carbons (Fsp3) is 0.632. The standard InChI is InChI=1S/C19H26O15/c20-3-8-10(24)11(25)13(27)18(31-8)34-16-9(4-21)32-19(14(28)12(16)26)33-15-6(22)1-5(17(29)30)2-7(15)23/h1-2,8-14,16,18-28H,3-4H2,(H,29,30)/t8-,9-,10-,11+,12-,13-,14-,16-,18+,19+/m1/s1. The van der Waals surface area contributed by atoms with Crippen molar-refractivity contribution in [3.63, 3.8) is 0 Å². The topological polar surface area (TPSA) is 256 Å². The summed E-state index contributed by atoms with van der Waals surface area (Å²) in [5, 5.41) is 98.7. The number of phenolic OH excluding ortho intramolecular Hbond substituents is 2. The van der Waals surface area contributed by atoms with Crippen molar-refractivity contribution in [2.75, 3.05) is 13.2 Å². The summed E-state index contributed by atoms with van der Waals surface area (Å²) >= 11 is 0. The van der Waals surface area contributed by atoms with E-state index in [0.29, 0.717) is 0 Å². The van der Waals surface area contributed by atoms with E-state index in [9.17, 15) is 50.8 Å². The molecule has 2 aliphatic heterocycles. The molecule has 0 aromatic heterocycles. The van der Waals surface area contributed by atoms with E-state index >= 15 is 0 Å². The Morgan fingerprint density at radius 2 is 1.32 bits per heavy atom. The van der Waals surface area contributed by atoms with Gasteiger partial charge < -0.3 is 70.0 Å². The third-order valence-electron chi connectivity index (χ3n) is 5.49. The van der Waals surface area contributed by atoms with Gasteiger partial charge in [0.15, 0.2) is 17.8 Å². The summed E-state index contributed by atoms with van der Waals surface area (Å²) in [6.45, 7) is -1.58. The van der Waals surface area contributed by atoms with Gasteiger partial charge in [-0.25, -0.2) is 4.79 Å². The van der Waals surface area contributed by atoms with Gasteiger partial charge in [0.2, 0.25) is 12.0 Å². The molecule has 0 radical (unpaired) electrons. The Kier molecular flexibility index (Phi) is 8.14. The first-order valence-corrected chi connectivity index (χ1v) is 10.0. The van der Waals surface area contributed by atoms with Crippen molar-refractivity contribution < 1.29 is 74.8 Å². The van der Waals surface area contributed by atoms with Crippen molar-refractivity contribution in [2.24, 2.45) is 0 Å². The first kappa shape index (κ1) is 26.3. The van der Waals surface area contributed by atoms with Crippen LogP contribution in [-0.4, -0.2) is 132 Å². The van der Waals surface area contributed by atoms with E-state index in [1.165, 1.54) is 0 Å². The zero-order valence-corrected chi connectivity index (χ0v) is 17.4. The Hall–Kier alpha value is -2.31. The molecule has 0 amide bonds. The summed E-state index contributed by atoms with van der Waals surface area (Å²) < 4.78 is 21.2. The Morgan fingerprint density at radius 3 is 1.85 bits per heavy atom. The van der Waals surface area contributed by atoms with Crippen LogP contribution in [0.25, 0.3) is 0 Å². The van der Waals surface area contributed by atoms with Crippen LogP contribution in [0.4, 0.5) is 0 Å². The Balaban J connectivity index is 1.77. The number of benzene rings is 1. The van der Waals surface area contributed by atoms with Crippen molar-refractivity contribution in [3.8, 4) is 17.2 Å². The second kappa shape index (κ2) is 10.5. The summed E-state index contributed by atoms with van der Waals surface area (Å²) in [6, 6.07) is 1.52. The maximum absolute atomic E-state index is 11.0. The highest BCUT2D eigenvalue weighted by Crippen LogP contribution is 2.39. The van der Waals surface area contributed by atoms with Gasteiger partial charge >= 0.3 is 5.97 Å². The molecule has 10 N–H and O–H groups in total. The molecule has 2 saturated heterocycles. The zero-order valence-electron chi connectivity index (χ0n) is 17.4. The van der Waals surface area contributed by atoms with Gasteiger partial charge in [-0.3, -0.25) is 0 Å². The molecule has 2 heterocycles. The summed E-state index contributed by atoms with van der Waals surface area (Å²) in [6.07, 6.45) is -17.0. The molecule has 1 aromatic rings. The highest BCUT2D eigenvalue weighted by atomic mass is 16.7. The number of carboxylic acid groups (broad SMARTS) is 1. The van der Waals surface area contributed by atoms with Crippen molar-refractivity contribution in [1.29, 1.82) is 0 Å². The van der Waals surface area contributed by atoms with Gasteiger partial charge in [-0.15, -0.1) is 0 Å². The summed E-state index contributed by atoms with van der Waals surface area (Å²) in [4.78, 5) is 11.0. The third kappa shape index (κ3) is 5.03. The van der Waals surface area contributed by atoms with Crippen LogP contribution >= 0.6 is 0 Å². The lowest BCUT2D eigenvalue weighted by atomic mass is 9.97. The van der Waals surface area contributed by atoms with Gasteiger partial charge in [-0.2, -0.15) is 0 Å². The predicted octanol–water partition coefficient (Wildman–Crippen LogP) is -4.20. The van der Waals surface area contributed by atoms with E-state index in [1.807, 2.05) is 0 Å².